The maximum atomic E-state index is 8.67. The van der Waals surface area contributed by atoms with Crippen molar-refractivity contribution in [2.24, 2.45) is 0 Å². The lowest BCUT2D eigenvalue weighted by molar-refractivity contribution is 0.198. The molecular formula is C13H16N2O2. The predicted molar refractivity (Wildman–Crippen MR) is 63.0 cm³/mol. The van der Waals surface area contributed by atoms with Crippen LogP contribution in [-0.4, -0.2) is 18.2 Å². The molecule has 0 aromatic carbocycles. The summed E-state index contributed by atoms with van der Waals surface area (Å²) in [4.78, 5) is 4.16. The molecule has 0 unspecified atom stereocenters. The van der Waals surface area contributed by atoms with Gasteiger partial charge in [-0.3, -0.25) is 0 Å². The Morgan fingerprint density at radius 1 is 1.47 bits per heavy atom. The van der Waals surface area contributed by atoms with Crippen LogP contribution in [0.5, 0.6) is 11.6 Å². The third kappa shape index (κ3) is 2.88. The van der Waals surface area contributed by atoms with Gasteiger partial charge in [-0.1, -0.05) is 0 Å². The highest BCUT2D eigenvalue weighted by Gasteiger charge is 2.19. The monoisotopic (exact) mass is 232 g/mol. The van der Waals surface area contributed by atoms with Crippen LogP contribution in [0, 0.1) is 11.3 Å². The van der Waals surface area contributed by atoms with E-state index in [1.807, 2.05) is 6.07 Å². The minimum atomic E-state index is 0.267. The Labute approximate surface area is 101 Å². The van der Waals surface area contributed by atoms with Gasteiger partial charge in [0.05, 0.1) is 25.7 Å². The topological polar surface area (TPSA) is 55.1 Å². The Morgan fingerprint density at radius 2 is 2.24 bits per heavy atom. The van der Waals surface area contributed by atoms with E-state index in [0.29, 0.717) is 18.1 Å². The maximum absolute atomic E-state index is 8.67. The van der Waals surface area contributed by atoms with Crippen LogP contribution in [0.4, 0.5) is 0 Å². The molecule has 1 aliphatic rings. The molecule has 4 nitrogen and oxygen atoms in total. The Hall–Kier alpha value is -1.76. The van der Waals surface area contributed by atoms with Crippen LogP contribution in [0.1, 0.15) is 31.2 Å². The lowest BCUT2D eigenvalue weighted by atomic mass is 10.2. The summed E-state index contributed by atoms with van der Waals surface area (Å²) < 4.78 is 11.1. The van der Waals surface area contributed by atoms with E-state index in [0.717, 1.165) is 18.4 Å². The van der Waals surface area contributed by atoms with Crippen molar-refractivity contribution in [3.05, 3.63) is 17.8 Å². The van der Waals surface area contributed by atoms with Crippen molar-refractivity contribution in [3.63, 3.8) is 0 Å². The Bertz CT molecular complexity index is 420. The summed E-state index contributed by atoms with van der Waals surface area (Å²) in [5.41, 5.74) is 0.862. The fraction of sp³-hybridized carbons (Fsp3) is 0.538. The highest BCUT2D eigenvalue weighted by molar-refractivity contribution is 5.37. The lowest BCUT2D eigenvalue weighted by Crippen LogP contribution is -2.12. The van der Waals surface area contributed by atoms with E-state index in [2.05, 4.69) is 11.1 Å². The summed E-state index contributed by atoms with van der Waals surface area (Å²) in [5, 5.41) is 8.67. The highest BCUT2D eigenvalue weighted by Crippen LogP contribution is 2.30. The number of hydrogen-bond donors (Lipinski definition) is 0. The minimum Gasteiger partial charge on any atom is -0.485 e. The van der Waals surface area contributed by atoms with Crippen molar-refractivity contribution in [1.29, 1.82) is 5.26 Å². The summed E-state index contributed by atoms with van der Waals surface area (Å²) in [5.74, 6) is 1.16. The Morgan fingerprint density at radius 3 is 2.88 bits per heavy atom. The number of ether oxygens (including phenoxy) is 2. The van der Waals surface area contributed by atoms with E-state index >= 15 is 0 Å². The number of nitrogens with zero attached hydrogens (tertiary/aromatic N) is 2. The van der Waals surface area contributed by atoms with Crippen molar-refractivity contribution in [1.82, 2.24) is 4.98 Å². The summed E-state index contributed by atoms with van der Waals surface area (Å²) in [7, 11) is 1.58. The van der Waals surface area contributed by atoms with Crippen molar-refractivity contribution in [2.45, 2.75) is 38.2 Å². The molecule has 1 aromatic heterocycles. The number of nitriles is 1. The van der Waals surface area contributed by atoms with Crippen LogP contribution in [0.2, 0.25) is 0 Å². The molecule has 1 heterocycles. The number of methoxy groups -OCH3 is 1. The van der Waals surface area contributed by atoms with Crippen molar-refractivity contribution in [3.8, 4) is 17.7 Å². The van der Waals surface area contributed by atoms with E-state index in [9.17, 15) is 0 Å². The third-order valence-corrected chi connectivity index (χ3v) is 2.95. The quantitative estimate of drug-likeness (QED) is 0.800. The molecule has 1 fully saturated rings. The molecule has 0 radical (unpaired) electrons. The first-order valence-corrected chi connectivity index (χ1v) is 5.90. The van der Waals surface area contributed by atoms with E-state index < -0.39 is 0 Å². The molecule has 0 aliphatic heterocycles. The van der Waals surface area contributed by atoms with Gasteiger partial charge in [-0.05, 0) is 37.3 Å². The third-order valence-electron chi connectivity index (χ3n) is 2.95. The number of pyridine rings is 1. The van der Waals surface area contributed by atoms with Gasteiger partial charge in [-0.2, -0.15) is 5.26 Å². The molecule has 4 heteroatoms. The van der Waals surface area contributed by atoms with Gasteiger partial charge in [0, 0.05) is 6.20 Å². The molecule has 1 aliphatic carbocycles. The standard InChI is InChI=1S/C13H16N2O2/c1-16-13-12(17-11-4-2-3-5-11)8-10(6-7-14)9-15-13/h8-9,11H,2-6H2,1H3. The van der Waals surface area contributed by atoms with Crippen molar-refractivity contribution < 1.29 is 9.47 Å². The zero-order chi connectivity index (χ0) is 12.1. The molecule has 1 aromatic rings. The van der Waals surface area contributed by atoms with E-state index in [-0.39, 0.29) is 6.10 Å². The molecule has 0 bridgehead atoms. The Kier molecular flexibility index (Phi) is 3.81. The van der Waals surface area contributed by atoms with Gasteiger partial charge < -0.3 is 9.47 Å². The molecular weight excluding hydrogens is 216 g/mol. The fourth-order valence-electron chi connectivity index (χ4n) is 2.08. The number of rotatable bonds is 4. The normalized spacial score (nSPS) is 15.5. The van der Waals surface area contributed by atoms with Gasteiger partial charge in [-0.15, -0.1) is 0 Å². The van der Waals surface area contributed by atoms with E-state index in [1.165, 1.54) is 12.8 Å². The summed E-state index contributed by atoms with van der Waals surface area (Å²) in [6, 6.07) is 3.96. The van der Waals surface area contributed by atoms with Crippen LogP contribution in [0.15, 0.2) is 12.3 Å². The van der Waals surface area contributed by atoms with Crippen molar-refractivity contribution in [2.75, 3.05) is 7.11 Å². The van der Waals surface area contributed by atoms with Gasteiger partial charge in [0.1, 0.15) is 0 Å². The molecule has 17 heavy (non-hydrogen) atoms. The molecule has 0 spiro atoms. The average Bonchev–Trinajstić information content (AvgIpc) is 2.83. The van der Waals surface area contributed by atoms with Gasteiger partial charge in [-0.25, -0.2) is 4.98 Å². The van der Waals surface area contributed by atoms with Crippen LogP contribution in [0.3, 0.4) is 0 Å². The predicted octanol–water partition coefficient (Wildman–Crippen LogP) is 2.48. The molecule has 0 atom stereocenters. The van der Waals surface area contributed by atoms with Gasteiger partial charge in [0.2, 0.25) is 0 Å². The SMILES string of the molecule is COc1ncc(CC#N)cc1OC1CCCC1. The first-order chi connectivity index (χ1) is 8.33. The summed E-state index contributed by atoms with van der Waals surface area (Å²) in [6.07, 6.45) is 6.89. The number of aromatic nitrogens is 1. The number of hydrogen-bond acceptors (Lipinski definition) is 4. The van der Waals surface area contributed by atoms with E-state index in [4.69, 9.17) is 14.7 Å². The molecule has 0 amide bonds. The maximum Gasteiger partial charge on any atom is 0.256 e. The second-order valence-electron chi connectivity index (χ2n) is 4.21. The van der Waals surface area contributed by atoms with Gasteiger partial charge >= 0.3 is 0 Å². The first-order valence-electron chi connectivity index (χ1n) is 5.90. The highest BCUT2D eigenvalue weighted by atomic mass is 16.5. The molecule has 90 valence electrons. The smallest absolute Gasteiger partial charge is 0.256 e. The molecule has 2 rings (SSSR count). The van der Waals surface area contributed by atoms with Crippen LogP contribution < -0.4 is 9.47 Å². The zero-order valence-corrected chi connectivity index (χ0v) is 9.98. The van der Waals surface area contributed by atoms with Gasteiger partial charge in [0.15, 0.2) is 5.75 Å². The Balaban J connectivity index is 2.16. The molecule has 0 saturated heterocycles. The zero-order valence-electron chi connectivity index (χ0n) is 9.98. The largest absolute Gasteiger partial charge is 0.485 e. The second kappa shape index (κ2) is 5.53. The molecule has 1 saturated carbocycles. The van der Waals surface area contributed by atoms with Gasteiger partial charge in [0.25, 0.3) is 5.88 Å². The molecule has 0 N–H and O–H groups in total. The van der Waals surface area contributed by atoms with Crippen LogP contribution in [-0.2, 0) is 6.42 Å². The van der Waals surface area contributed by atoms with E-state index in [1.54, 1.807) is 13.3 Å². The average molecular weight is 232 g/mol. The fourth-order valence-corrected chi connectivity index (χ4v) is 2.08. The summed E-state index contributed by atoms with van der Waals surface area (Å²) >= 11 is 0. The van der Waals surface area contributed by atoms with Crippen molar-refractivity contribution >= 4 is 0 Å². The van der Waals surface area contributed by atoms with Crippen LogP contribution >= 0.6 is 0 Å². The lowest BCUT2D eigenvalue weighted by Gasteiger charge is -2.15. The van der Waals surface area contributed by atoms with Crippen LogP contribution in [0.25, 0.3) is 0 Å². The minimum absolute atomic E-state index is 0.267. The first kappa shape index (κ1) is 11.7. The second-order valence-corrected chi connectivity index (χ2v) is 4.21. The summed E-state index contributed by atoms with van der Waals surface area (Å²) in [6.45, 7) is 0.